The lowest BCUT2D eigenvalue weighted by atomic mass is 9.88. The molecule has 0 aliphatic heterocycles. The first-order valence-electron chi connectivity index (χ1n) is 5.41. The number of aryl methyl sites for hydroxylation is 1. The van der Waals surface area contributed by atoms with Crippen LogP contribution in [0.5, 0.6) is 5.75 Å². The van der Waals surface area contributed by atoms with Gasteiger partial charge in [0, 0.05) is 5.56 Å². The Morgan fingerprint density at radius 1 is 1.41 bits per heavy atom. The predicted octanol–water partition coefficient (Wildman–Crippen LogP) is 1.74. The Kier molecular flexibility index (Phi) is 4.12. The molecule has 94 valence electrons. The third kappa shape index (κ3) is 3.20. The molecule has 17 heavy (non-hydrogen) atoms. The average Bonchev–Trinajstić information content (AvgIpc) is 2.28. The molecule has 1 atom stereocenters. The molecule has 1 aromatic carbocycles. The molecule has 0 aliphatic carbocycles. The summed E-state index contributed by atoms with van der Waals surface area (Å²) in [5, 5.41) is 0. The van der Waals surface area contributed by atoms with Gasteiger partial charge in [-0.1, -0.05) is 17.7 Å². The Morgan fingerprint density at radius 3 is 2.59 bits per heavy atom. The molecule has 0 radical (unpaired) electrons. The lowest BCUT2D eigenvalue weighted by Gasteiger charge is -2.26. The first-order valence-corrected chi connectivity index (χ1v) is 5.41. The van der Waals surface area contributed by atoms with Crippen LogP contribution in [0.15, 0.2) is 18.2 Å². The van der Waals surface area contributed by atoms with E-state index in [1.807, 2.05) is 25.1 Å². The summed E-state index contributed by atoms with van der Waals surface area (Å²) in [7, 11) is 2.94. The van der Waals surface area contributed by atoms with Gasteiger partial charge in [0.2, 0.25) is 0 Å². The van der Waals surface area contributed by atoms with Gasteiger partial charge in [0.05, 0.1) is 26.2 Å². The highest BCUT2D eigenvalue weighted by molar-refractivity contribution is 5.71. The minimum absolute atomic E-state index is 0.114. The normalized spacial score (nSPS) is 13.9. The molecule has 2 N–H and O–H groups in total. The number of carbonyl (C=O) groups excluding carboxylic acids is 1. The molecule has 0 amide bonds. The summed E-state index contributed by atoms with van der Waals surface area (Å²) in [6, 6.07) is 5.73. The van der Waals surface area contributed by atoms with E-state index in [0.29, 0.717) is 5.75 Å². The maximum atomic E-state index is 11.3. The van der Waals surface area contributed by atoms with E-state index in [0.717, 1.165) is 11.1 Å². The molecule has 0 bridgehead atoms. The van der Waals surface area contributed by atoms with Gasteiger partial charge in [-0.2, -0.15) is 0 Å². The summed E-state index contributed by atoms with van der Waals surface area (Å²) in [5.74, 6) is 0.350. The van der Waals surface area contributed by atoms with E-state index < -0.39 is 5.54 Å². The second-order valence-corrected chi connectivity index (χ2v) is 4.37. The van der Waals surface area contributed by atoms with E-state index >= 15 is 0 Å². The highest BCUT2D eigenvalue weighted by atomic mass is 16.5. The third-order valence-corrected chi connectivity index (χ3v) is 2.71. The Hall–Kier alpha value is -1.55. The minimum Gasteiger partial charge on any atom is -0.496 e. The Bertz CT molecular complexity index is 413. The van der Waals surface area contributed by atoms with Crippen molar-refractivity contribution in [3.8, 4) is 5.75 Å². The van der Waals surface area contributed by atoms with Crippen LogP contribution in [0.3, 0.4) is 0 Å². The third-order valence-electron chi connectivity index (χ3n) is 2.71. The number of hydrogen-bond donors (Lipinski definition) is 1. The van der Waals surface area contributed by atoms with Crippen LogP contribution in [0.1, 0.15) is 24.5 Å². The first-order chi connectivity index (χ1) is 7.90. The Labute approximate surface area is 102 Å². The van der Waals surface area contributed by atoms with Gasteiger partial charge in [0.25, 0.3) is 0 Å². The van der Waals surface area contributed by atoms with Crippen molar-refractivity contribution in [3.63, 3.8) is 0 Å². The quantitative estimate of drug-likeness (QED) is 0.810. The summed E-state index contributed by atoms with van der Waals surface area (Å²) < 4.78 is 9.92. The van der Waals surface area contributed by atoms with Gasteiger partial charge in [0.1, 0.15) is 5.75 Å². The largest absolute Gasteiger partial charge is 0.496 e. The molecule has 0 heterocycles. The lowest BCUT2D eigenvalue weighted by molar-refractivity contribution is -0.142. The van der Waals surface area contributed by atoms with Crippen molar-refractivity contribution in [2.24, 2.45) is 5.73 Å². The number of rotatable bonds is 4. The maximum absolute atomic E-state index is 11.3. The van der Waals surface area contributed by atoms with Crippen LogP contribution in [0.2, 0.25) is 0 Å². The van der Waals surface area contributed by atoms with Gasteiger partial charge < -0.3 is 15.2 Å². The van der Waals surface area contributed by atoms with Crippen LogP contribution >= 0.6 is 0 Å². The van der Waals surface area contributed by atoms with Crippen LogP contribution in [0.25, 0.3) is 0 Å². The van der Waals surface area contributed by atoms with E-state index in [9.17, 15) is 4.79 Å². The summed E-state index contributed by atoms with van der Waals surface area (Å²) >= 11 is 0. The molecule has 0 saturated carbocycles. The molecule has 0 spiro atoms. The number of nitrogens with two attached hydrogens (primary N) is 1. The van der Waals surface area contributed by atoms with Crippen LogP contribution in [0, 0.1) is 6.92 Å². The summed E-state index contributed by atoms with van der Waals surface area (Å²) in [6.07, 6.45) is 0.114. The molecule has 0 aromatic heterocycles. The Balaban J connectivity index is 3.12. The van der Waals surface area contributed by atoms with E-state index in [1.165, 1.54) is 7.11 Å². The molecule has 1 unspecified atom stereocenters. The van der Waals surface area contributed by atoms with Crippen molar-refractivity contribution in [1.29, 1.82) is 0 Å². The highest BCUT2D eigenvalue weighted by Gasteiger charge is 2.28. The van der Waals surface area contributed by atoms with Crippen molar-refractivity contribution in [1.82, 2.24) is 0 Å². The summed E-state index contributed by atoms with van der Waals surface area (Å²) in [5.41, 5.74) is 7.26. The summed E-state index contributed by atoms with van der Waals surface area (Å²) in [6.45, 7) is 3.76. The zero-order valence-corrected chi connectivity index (χ0v) is 10.7. The van der Waals surface area contributed by atoms with Gasteiger partial charge >= 0.3 is 5.97 Å². The first kappa shape index (κ1) is 13.5. The maximum Gasteiger partial charge on any atom is 0.307 e. The van der Waals surface area contributed by atoms with Crippen molar-refractivity contribution in [2.75, 3.05) is 14.2 Å². The van der Waals surface area contributed by atoms with E-state index in [2.05, 4.69) is 4.74 Å². The van der Waals surface area contributed by atoms with Crippen molar-refractivity contribution in [3.05, 3.63) is 29.3 Å². The van der Waals surface area contributed by atoms with Gasteiger partial charge in [-0.15, -0.1) is 0 Å². The predicted molar refractivity (Wildman–Crippen MR) is 65.9 cm³/mol. The van der Waals surface area contributed by atoms with E-state index in [-0.39, 0.29) is 12.4 Å². The fraction of sp³-hybridized carbons (Fsp3) is 0.462. The van der Waals surface area contributed by atoms with Crippen LogP contribution < -0.4 is 10.5 Å². The van der Waals surface area contributed by atoms with Crippen molar-refractivity contribution >= 4 is 5.97 Å². The Morgan fingerprint density at radius 2 is 2.06 bits per heavy atom. The summed E-state index contributed by atoms with van der Waals surface area (Å²) in [4.78, 5) is 11.3. The fourth-order valence-corrected chi connectivity index (χ4v) is 1.74. The standard InChI is InChI=1S/C13H19NO3/c1-9-5-6-11(16-3)10(7-9)13(2,14)8-12(15)17-4/h5-7H,8,14H2,1-4H3. The fourth-order valence-electron chi connectivity index (χ4n) is 1.74. The SMILES string of the molecule is COC(=O)CC(C)(N)c1cc(C)ccc1OC. The average molecular weight is 237 g/mol. The minimum atomic E-state index is -0.801. The number of benzene rings is 1. The molecular weight excluding hydrogens is 218 g/mol. The second-order valence-electron chi connectivity index (χ2n) is 4.37. The molecule has 4 heteroatoms. The van der Waals surface area contributed by atoms with Crippen LogP contribution in [-0.4, -0.2) is 20.2 Å². The zero-order chi connectivity index (χ0) is 13.1. The van der Waals surface area contributed by atoms with Crippen molar-refractivity contribution in [2.45, 2.75) is 25.8 Å². The monoisotopic (exact) mass is 237 g/mol. The lowest BCUT2D eigenvalue weighted by Crippen LogP contribution is -2.36. The van der Waals surface area contributed by atoms with E-state index in [1.54, 1.807) is 14.0 Å². The van der Waals surface area contributed by atoms with Crippen LogP contribution in [0.4, 0.5) is 0 Å². The van der Waals surface area contributed by atoms with Crippen LogP contribution in [-0.2, 0) is 15.1 Å². The number of esters is 1. The molecule has 4 nitrogen and oxygen atoms in total. The smallest absolute Gasteiger partial charge is 0.307 e. The van der Waals surface area contributed by atoms with Gasteiger partial charge in [-0.25, -0.2) is 0 Å². The van der Waals surface area contributed by atoms with E-state index in [4.69, 9.17) is 10.5 Å². The zero-order valence-electron chi connectivity index (χ0n) is 10.7. The molecule has 1 rings (SSSR count). The molecule has 0 saturated heterocycles. The number of ether oxygens (including phenoxy) is 2. The molecule has 1 aromatic rings. The van der Waals surface area contributed by atoms with Gasteiger partial charge in [0.15, 0.2) is 0 Å². The topological polar surface area (TPSA) is 61.5 Å². The second kappa shape index (κ2) is 5.19. The highest BCUT2D eigenvalue weighted by Crippen LogP contribution is 2.31. The van der Waals surface area contributed by atoms with Gasteiger partial charge in [-0.3, -0.25) is 4.79 Å². The number of methoxy groups -OCH3 is 2. The molecular formula is C13H19NO3. The number of carbonyl (C=O) groups is 1. The molecule has 0 aliphatic rings. The number of hydrogen-bond acceptors (Lipinski definition) is 4. The van der Waals surface area contributed by atoms with Gasteiger partial charge in [-0.05, 0) is 19.9 Å². The van der Waals surface area contributed by atoms with Crippen molar-refractivity contribution < 1.29 is 14.3 Å². The molecule has 0 fully saturated rings.